The van der Waals surface area contributed by atoms with E-state index in [1.165, 1.54) is 11.3 Å². The summed E-state index contributed by atoms with van der Waals surface area (Å²) in [5, 5.41) is 0.632. The first-order valence-corrected chi connectivity index (χ1v) is 17.1. The SMILES string of the molecule is CCOC(=O)C1=C(c2ccccc2)N=c2s/c(=C\c3cc(Br)cc(I)c3OCc3cccc(Cl)c3)c(=O)n2[C@H]1c1ccccc1. The quantitative estimate of drug-likeness (QED) is 0.120. The van der Waals surface area contributed by atoms with Crippen molar-refractivity contribution in [1.82, 2.24) is 4.57 Å². The Morgan fingerprint density at radius 2 is 1.78 bits per heavy atom. The highest BCUT2D eigenvalue weighted by atomic mass is 127. The molecule has 1 aliphatic rings. The maximum absolute atomic E-state index is 14.3. The molecule has 1 aliphatic heterocycles. The second kappa shape index (κ2) is 13.9. The first-order chi connectivity index (χ1) is 21.8. The summed E-state index contributed by atoms with van der Waals surface area (Å²) in [6, 6.07) is 29.7. The van der Waals surface area contributed by atoms with E-state index in [0.29, 0.717) is 38.0 Å². The molecule has 45 heavy (non-hydrogen) atoms. The third-order valence-corrected chi connectivity index (χ3v) is 9.56. The van der Waals surface area contributed by atoms with Crippen molar-refractivity contribution in [1.29, 1.82) is 0 Å². The molecule has 0 spiro atoms. The number of benzene rings is 4. The number of carbonyl (C=O) groups is 1. The molecule has 1 atom stereocenters. The Bertz CT molecular complexity index is 2110. The van der Waals surface area contributed by atoms with Crippen LogP contribution in [0.15, 0.2) is 117 Å². The number of hydrogen-bond acceptors (Lipinski definition) is 6. The van der Waals surface area contributed by atoms with E-state index < -0.39 is 12.0 Å². The second-order valence-electron chi connectivity index (χ2n) is 10.1. The lowest BCUT2D eigenvalue weighted by atomic mass is 9.93. The summed E-state index contributed by atoms with van der Waals surface area (Å²) in [4.78, 5) is 33.3. The molecule has 5 aromatic rings. The predicted octanol–water partition coefficient (Wildman–Crippen LogP) is 7.54. The van der Waals surface area contributed by atoms with E-state index in [0.717, 1.165) is 30.3 Å². The van der Waals surface area contributed by atoms with E-state index in [4.69, 9.17) is 26.1 Å². The number of esters is 1. The Labute approximate surface area is 290 Å². The van der Waals surface area contributed by atoms with Gasteiger partial charge in [0.2, 0.25) is 0 Å². The van der Waals surface area contributed by atoms with Crippen LogP contribution in [0.5, 0.6) is 5.75 Å². The standard InChI is InChI=1S/C35H25BrClIN2O4S/c1-2-43-34(42)29-30(22-11-5-3-6-12-22)39-35-40(31(29)23-13-7-4-8-14-23)33(41)28(45-35)18-24-17-25(36)19-27(38)32(24)44-20-21-10-9-15-26(37)16-21/h3-19,31H,2,20H2,1H3/b28-18-/t31-/m0/s1. The smallest absolute Gasteiger partial charge is 0.338 e. The van der Waals surface area contributed by atoms with Crippen LogP contribution >= 0.6 is 61.5 Å². The van der Waals surface area contributed by atoms with E-state index in [-0.39, 0.29) is 12.2 Å². The van der Waals surface area contributed by atoms with Crippen molar-refractivity contribution in [3.05, 3.63) is 158 Å². The lowest BCUT2D eigenvalue weighted by Crippen LogP contribution is -2.40. The Balaban J connectivity index is 1.55. The molecule has 2 heterocycles. The summed E-state index contributed by atoms with van der Waals surface area (Å²) in [7, 11) is 0. The third kappa shape index (κ3) is 6.72. The van der Waals surface area contributed by atoms with Crippen molar-refractivity contribution in [3.8, 4) is 5.75 Å². The molecule has 0 saturated heterocycles. The van der Waals surface area contributed by atoms with Gasteiger partial charge >= 0.3 is 5.97 Å². The summed E-state index contributed by atoms with van der Waals surface area (Å²) in [5.41, 5.74) is 3.72. The average molecular weight is 812 g/mol. The molecule has 0 radical (unpaired) electrons. The number of thiazole rings is 1. The molecule has 0 aliphatic carbocycles. The maximum atomic E-state index is 14.3. The van der Waals surface area contributed by atoms with Gasteiger partial charge in [-0.1, -0.05) is 112 Å². The molecule has 0 bridgehead atoms. The number of hydrogen-bond donors (Lipinski definition) is 0. The molecule has 6 rings (SSSR count). The lowest BCUT2D eigenvalue weighted by molar-refractivity contribution is -0.138. The molecule has 0 unspecified atom stereocenters. The fourth-order valence-corrected chi connectivity index (χ4v) is 8.07. The van der Waals surface area contributed by atoms with Crippen molar-refractivity contribution < 1.29 is 14.3 Å². The van der Waals surface area contributed by atoms with E-state index in [1.54, 1.807) is 11.5 Å². The highest BCUT2D eigenvalue weighted by Crippen LogP contribution is 2.35. The number of rotatable bonds is 8. The zero-order valence-corrected chi connectivity index (χ0v) is 29.2. The fraction of sp³-hybridized carbons (Fsp3) is 0.114. The molecule has 226 valence electrons. The summed E-state index contributed by atoms with van der Waals surface area (Å²) >= 11 is 13.3. The van der Waals surface area contributed by atoms with Crippen LogP contribution in [0, 0.1) is 3.57 Å². The normalized spacial score (nSPS) is 14.6. The van der Waals surface area contributed by atoms with Crippen molar-refractivity contribution in [2.45, 2.75) is 19.6 Å². The highest BCUT2D eigenvalue weighted by molar-refractivity contribution is 14.1. The number of aromatic nitrogens is 1. The summed E-state index contributed by atoms with van der Waals surface area (Å²) in [6.07, 6.45) is 1.82. The first-order valence-electron chi connectivity index (χ1n) is 14.0. The van der Waals surface area contributed by atoms with Crippen LogP contribution in [-0.4, -0.2) is 17.1 Å². The molecule has 0 saturated carbocycles. The largest absolute Gasteiger partial charge is 0.487 e. The zero-order valence-electron chi connectivity index (χ0n) is 23.9. The van der Waals surface area contributed by atoms with Gasteiger partial charge in [0.05, 0.1) is 32.0 Å². The summed E-state index contributed by atoms with van der Waals surface area (Å²) < 4.78 is 15.6. The van der Waals surface area contributed by atoms with Gasteiger partial charge in [0.1, 0.15) is 12.4 Å². The van der Waals surface area contributed by atoms with Gasteiger partial charge in [0, 0.05) is 20.6 Å². The minimum Gasteiger partial charge on any atom is -0.487 e. The number of carbonyl (C=O) groups excluding carboxylic acids is 1. The Morgan fingerprint density at radius 1 is 1.04 bits per heavy atom. The third-order valence-electron chi connectivity index (χ3n) is 7.08. The Morgan fingerprint density at radius 3 is 2.49 bits per heavy atom. The van der Waals surface area contributed by atoms with Crippen LogP contribution < -0.4 is 19.6 Å². The van der Waals surface area contributed by atoms with Gasteiger partial charge in [-0.25, -0.2) is 9.79 Å². The molecule has 1 aromatic heterocycles. The molecule has 0 fully saturated rings. The predicted molar refractivity (Wildman–Crippen MR) is 190 cm³/mol. The minimum absolute atomic E-state index is 0.190. The van der Waals surface area contributed by atoms with Gasteiger partial charge < -0.3 is 9.47 Å². The van der Waals surface area contributed by atoms with Gasteiger partial charge in [0.25, 0.3) is 5.56 Å². The zero-order chi connectivity index (χ0) is 31.5. The summed E-state index contributed by atoms with van der Waals surface area (Å²) in [6.45, 7) is 2.26. The average Bonchev–Trinajstić information content (AvgIpc) is 3.34. The summed E-state index contributed by atoms with van der Waals surface area (Å²) in [5.74, 6) is 0.128. The van der Waals surface area contributed by atoms with Crippen LogP contribution in [0.25, 0.3) is 11.8 Å². The number of fused-ring (bicyclic) bond motifs is 1. The van der Waals surface area contributed by atoms with Gasteiger partial charge in [-0.05, 0) is 71.0 Å². The van der Waals surface area contributed by atoms with E-state index in [1.807, 2.05) is 103 Å². The Kier molecular flexibility index (Phi) is 9.70. The molecule has 10 heteroatoms. The van der Waals surface area contributed by atoms with Crippen LogP contribution in [0.4, 0.5) is 0 Å². The van der Waals surface area contributed by atoms with Crippen LogP contribution in [0.2, 0.25) is 5.02 Å². The van der Waals surface area contributed by atoms with Crippen LogP contribution in [0.3, 0.4) is 0 Å². The molecular formula is C35H25BrClIN2O4S. The molecule has 0 amide bonds. The van der Waals surface area contributed by atoms with E-state index >= 15 is 0 Å². The van der Waals surface area contributed by atoms with Crippen LogP contribution in [0.1, 0.15) is 35.2 Å². The number of ether oxygens (including phenoxy) is 2. The lowest BCUT2D eigenvalue weighted by Gasteiger charge is -2.25. The maximum Gasteiger partial charge on any atom is 0.338 e. The van der Waals surface area contributed by atoms with E-state index in [9.17, 15) is 9.59 Å². The Hall–Kier alpha value is -3.51. The second-order valence-corrected chi connectivity index (χ2v) is 13.6. The topological polar surface area (TPSA) is 69.9 Å². The highest BCUT2D eigenvalue weighted by Gasteiger charge is 2.35. The van der Waals surface area contributed by atoms with Crippen molar-refractivity contribution in [2.24, 2.45) is 4.99 Å². The monoisotopic (exact) mass is 810 g/mol. The minimum atomic E-state index is -0.736. The molecule has 0 N–H and O–H groups in total. The number of nitrogens with zero attached hydrogens (tertiary/aromatic N) is 2. The van der Waals surface area contributed by atoms with Gasteiger partial charge in [-0.3, -0.25) is 9.36 Å². The van der Waals surface area contributed by atoms with Gasteiger partial charge in [0.15, 0.2) is 4.80 Å². The molecule has 6 nitrogen and oxygen atoms in total. The van der Waals surface area contributed by atoms with Crippen molar-refractivity contribution in [3.63, 3.8) is 0 Å². The fourth-order valence-electron chi connectivity index (χ4n) is 5.15. The van der Waals surface area contributed by atoms with Gasteiger partial charge in [-0.2, -0.15) is 0 Å². The molecular weight excluding hydrogens is 787 g/mol. The van der Waals surface area contributed by atoms with Crippen molar-refractivity contribution >= 4 is 79.2 Å². The van der Waals surface area contributed by atoms with E-state index in [2.05, 4.69) is 38.5 Å². The van der Waals surface area contributed by atoms with Crippen LogP contribution in [-0.2, 0) is 16.1 Å². The molecule has 4 aromatic carbocycles. The first kappa shape index (κ1) is 31.5. The van der Waals surface area contributed by atoms with Crippen molar-refractivity contribution in [2.75, 3.05) is 6.61 Å². The van der Waals surface area contributed by atoms with Gasteiger partial charge in [-0.15, -0.1) is 0 Å². The number of halogens is 3.